The molecule has 0 bridgehead atoms. The van der Waals surface area contributed by atoms with E-state index < -0.39 is 30.3 Å². The predicted octanol–water partition coefficient (Wildman–Crippen LogP) is 8.45. The summed E-state index contributed by atoms with van der Waals surface area (Å²) in [6.07, 6.45) is 16.4. The maximum atomic E-state index is 13.8. The van der Waals surface area contributed by atoms with Gasteiger partial charge in [0, 0.05) is 98.4 Å². The molecule has 0 saturated heterocycles. The summed E-state index contributed by atoms with van der Waals surface area (Å²) in [5.41, 5.74) is 12.2. The Bertz CT molecular complexity index is 2500. The van der Waals surface area contributed by atoms with Gasteiger partial charge in [0.25, 0.3) is 0 Å². The van der Waals surface area contributed by atoms with Crippen LogP contribution in [0.2, 0.25) is 0 Å². The Kier molecular flexibility index (Phi) is 13.2. The lowest BCUT2D eigenvalue weighted by Gasteiger charge is -2.27. The van der Waals surface area contributed by atoms with E-state index in [1.807, 2.05) is 73.3 Å². The quantitative estimate of drug-likeness (QED) is 0.0605. The number of esters is 2. The van der Waals surface area contributed by atoms with Gasteiger partial charge in [0.2, 0.25) is 0 Å². The smallest absolute Gasteiger partial charge is 0.339 e. The molecular formula is C50H46N4O8. The molecule has 12 heteroatoms. The van der Waals surface area contributed by atoms with E-state index in [2.05, 4.69) is 32.1 Å². The fraction of sp³-hybridized carbons (Fsp3) is 0.240. The number of fused-ring (bicyclic) bond motifs is 6. The molecule has 2 aliphatic carbocycles. The Balaban J connectivity index is 0.907. The van der Waals surface area contributed by atoms with Crippen molar-refractivity contribution < 1.29 is 38.0 Å². The molecule has 3 atom stereocenters. The number of ether oxygens (including phenoxy) is 6. The molecular weight excluding hydrogens is 785 g/mol. The first-order valence-electron chi connectivity index (χ1n) is 20.6. The number of aromatic nitrogens is 4. The molecule has 0 amide bonds. The molecule has 6 aromatic rings. The van der Waals surface area contributed by atoms with Gasteiger partial charge in [-0.1, -0.05) is 30.3 Å². The van der Waals surface area contributed by atoms with Crippen LogP contribution < -0.4 is 9.47 Å². The first-order chi connectivity index (χ1) is 30.5. The average molecular weight is 831 g/mol. The van der Waals surface area contributed by atoms with Gasteiger partial charge in [0.15, 0.2) is 18.3 Å². The number of benzene rings is 2. The summed E-state index contributed by atoms with van der Waals surface area (Å²) < 4.78 is 35.2. The van der Waals surface area contributed by atoms with Crippen LogP contribution in [-0.2, 0) is 35.0 Å². The van der Waals surface area contributed by atoms with Crippen molar-refractivity contribution in [3.63, 3.8) is 0 Å². The highest BCUT2D eigenvalue weighted by Gasteiger charge is 2.37. The number of methoxy groups -OCH3 is 1. The molecule has 0 fully saturated rings. The standard InChI is InChI=1S/C50H46N4O8/c1-4-58-48(50(56)59-5-2)47(33-10-14-35(15-11-33)60-25-6-7-36-37-16-21-51-28-42(37)43-29-52-22-17-38(36)43)62-49(55)46(57-3)27-32-8-12-34(13-9-32)61-26-20-41-39-18-23-53-30-44(39)45-31-54-24-19-40(41)45/h7-24,28-31,46-48H,4-6,25-27H2,1-3H3. The molecule has 0 radical (unpaired) electrons. The second-order valence-corrected chi connectivity index (χ2v) is 14.5. The van der Waals surface area contributed by atoms with Gasteiger partial charge in [-0.15, -0.1) is 0 Å². The fourth-order valence-electron chi connectivity index (χ4n) is 7.85. The van der Waals surface area contributed by atoms with Crippen LogP contribution in [0.5, 0.6) is 11.5 Å². The largest absolute Gasteiger partial charge is 0.493 e. The van der Waals surface area contributed by atoms with E-state index in [4.69, 9.17) is 28.4 Å². The maximum absolute atomic E-state index is 13.8. The van der Waals surface area contributed by atoms with Crippen molar-refractivity contribution in [2.45, 2.75) is 45.0 Å². The average Bonchev–Trinajstić information content (AvgIpc) is 3.81. The SMILES string of the molecule is CCOC(=O)C(OCC)C(OC(=O)C(Cc1ccc(OCC=C2c3ccncc3-c3cnccc32)cc1)OC)c1ccc(OCCC=C2c3ccncc3-c3cnccc32)cc1. The van der Waals surface area contributed by atoms with Crippen LogP contribution in [0.15, 0.2) is 135 Å². The van der Waals surface area contributed by atoms with Crippen LogP contribution in [0.1, 0.15) is 59.8 Å². The third kappa shape index (κ3) is 9.02. The number of carbonyl (C=O) groups is 2. The molecule has 314 valence electrons. The van der Waals surface area contributed by atoms with Crippen molar-refractivity contribution in [1.82, 2.24) is 19.9 Å². The van der Waals surface area contributed by atoms with E-state index >= 15 is 0 Å². The van der Waals surface area contributed by atoms with Crippen molar-refractivity contribution in [1.29, 1.82) is 0 Å². The van der Waals surface area contributed by atoms with Gasteiger partial charge in [-0.2, -0.15) is 0 Å². The minimum absolute atomic E-state index is 0.131. The summed E-state index contributed by atoms with van der Waals surface area (Å²) in [6, 6.07) is 22.6. The Morgan fingerprint density at radius 2 is 1.11 bits per heavy atom. The van der Waals surface area contributed by atoms with Crippen molar-refractivity contribution >= 4 is 23.1 Å². The zero-order valence-corrected chi connectivity index (χ0v) is 34.7. The van der Waals surface area contributed by atoms with Crippen LogP contribution in [0.3, 0.4) is 0 Å². The minimum atomic E-state index is -1.21. The molecule has 0 spiro atoms. The van der Waals surface area contributed by atoms with Gasteiger partial charge >= 0.3 is 11.9 Å². The number of hydrogen-bond donors (Lipinski definition) is 0. The van der Waals surface area contributed by atoms with E-state index in [-0.39, 0.29) is 19.6 Å². The van der Waals surface area contributed by atoms with E-state index in [9.17, 15) is 9.59 Å². The first kappa shape index (κ1) is 41.7. The first-order valence-corrected chi connectivity index (χ1v) is 20.6. The number of carbonyl (C=O) groups excluding carboxylic acids is 2. The normalized spacial score (nSPS) is 13.5. The molecule has 0 aliphatic heterocycles. The highest BCUT2D eigenvalue weighted by atomic mass is 16.6. The maximum Gasteiger partial charge on any atom is 0.339 e. The molecule has 2 aromatic carbocycles. The Morgan fingerprint density at radius 3 is 1.63 bits per heavy atom. The van der Waals surface area contributed by atoms with E-state index in [0.717, 1.165) is 61.2 Å². The summed E-state index contributed by atoms with van der Waals surface area (Å²) in [6.45, 7) is 4.56. The number of rotatable bonds is 18. The lowest BCUT2D eigenvalue weighted by Crippen LogP contribution is -2.38. The molecule has 3 unspecified atom stereocenters. The zero-order chi connectivity index (χ0) is 42.8. The van der Waals surface area contributed by atoms with Crippen molar-refractivity contribution in [2.75, 3.05) is 33.5 Å². The van der Waals surface area contributed by atoms with Crippen LogP contribution >= 0.6 is 0 Å². The Labute approximate surface area is 360 Å². The summed E-state index contributed by atoms with van der Waals surface area (Å²) in [5, 5.41) is 0. The summed E-state index contributed by atoms with van der Waals surface area (Å²) >= 11 is 0. The molecule has 8 rings (SSSR count). The van der Waals surface area contributed by atoms with Gasteiger partial charge < -0.3 is 28.4 Å². The van der Waals surface area contributed by atoms with E-state index in [0.29, 0.717) is 36.7 Å². The molecule has 4 aromatic heterocycles. The van der Waals surface area contributed by atoms with E-state index in [1.54, 1.807) is 62.9 Å². The third-order valence-electron chi connectivity index (χ3n) is 10.8. The van der Waals surface area contributed by atoms with Crippen LogP contribution in [0.4, 0.5) is 0 Å². The van der Waals surface area contributed by atoms with Gasteiger partial charge in [-0.3, -0.25) is 19.9 Å². The van der Waals surface area contributed by atoms with Crippen molar-refractivity contribution in [3.8, 4) is 33.8 Å². The van der Waals surface area contributed by atoms with Crippen LogP contribution in [-0.4, -0.2) is 77.6 Å². The number of pyridine rings is 4. The molecule has 0 saturated carbocycles. The van der Waals surface area contributed by atoms with Gasteiger partial charge in [0.1, 0.15) is 18.1 Å². The second kappa shape index (κ2) is 19.6. The molecule has 62 heavy (non-hydrogen) atoms. The van der Waals surface area contributed by atoms with E-state index in [1.165, 1.54) is 7.11 Å². The highest BCUT2D eigenvalue weighted by Crippen LogP contribution is 2.44. The molecule has 12 nitrogen and oxygen atoms in total. The second-order valence-electron chi connectivity index (χ2n) is 14.5. The monoisotopic (exact) mass is 830 g/mol. The number of nitrogens with zero attached hydrogens (tertiary/aromatic N) is 4. The summed E-state index contributed by atoms with van der Waals surface area (Å²) in [5.74, 6) is -0.0109. The molecule has 0 N–H and O–H groups in total. The van der Waals surface area contributed by atoms with Gasteiger partial charge in [-0.25, -0.2) is 9.59 Å². The lowest BCUT2D eigenvalue weighted by atomic mass is 10.0. The fourth-order valence-corrected chi connectivity index (χ4v) is 7.85. The summed E-state index contributed by atoms with van der Waals surface area (Å²) in [7, 11) is 1.45. The van der Waals surface area contributed by atoms with Crippen molar-refractivity contribution in [2.24, 2.45) is 0 Å². The molecule has 4 heterocycles. The third-order valence-corrected chi connectivity index (χ3v) is 10.8. The minimum Gasteiger partial charge on any atom is -0.493 e. The Morgan fingerprint density at radius 1 is 0.597 bits per heavy atom. The van der Waals surface area contributed by atoms with Gasteiger partial charge in [0.05, 0.1) is 13.2 Å². The molecule has 2 aliphatic rings. The Hall–Kier alpha value is -7.02. The van der Waals surface area contributed by atoms with Crippen molar-refractivity contribution in [3.05, 3.63) is 168 Å². The van der Waals surface area contributed by atoms with Crippen LogP contribution in [0.25, 0.3) is 33.4 Å². The van der Waals surface area contributed by atoms with Crippen LogP contribution in [0, 0.1) is 0 Å². The number of hydrogen-bond acceptors (Lipinski definition) is 12. The lowest BCUT2D eigenvalue weighted by molar-refractivity contribution is -0.180. The predicted molar refractivity (Wildman–Crippen MR) is 233 cm³/mol. The topological polar surface area (TPSA) is 141 Å². The summed E-state index contributed by atoms with van der Waals surface area (Å²) in [4.78, 5) is 44.3. The highest BCUT2D eigenvalue weighted by molar-refractivity contribution is 6.01. The zero-order valence-electron chi connectivity index (χ0n) is 34.7. The van der Waals surface area contributed by atoms with Gasteiger partial charge in [-0.05, 0) is 113 Å².